The van der Waals surface area contributed by atoms with E-state index < -0.39 is 0 Å². The predicted octanol–water partition coefficient (Wildman–Crippen LogP) is 3.58. The molecule has 0 spiro atoms. The van der Waals surface area contributed by atoms with Gasteiger partial charge in [0.15, 0.2) is 0 Å². The largest absolute Gasteiger partial charge is 0.326 e. The van der Waals surface area contributed by atoms with Crippen LogP contribution in [-0.2, 0) is 4.79 Å². The van der Waals surface area contributed by atoms with Gasteiger partial charge in [0.2, 0.25) is 5.91 Å². The van der Waals surface area contributed by atoms with Gasteiger partial charge in [0, 0.05) is 25.3 Å². The molecule has 108 valence electrons. The molecule has 0 bridgehead atoms. The smallest absolute Gasteiger partial charge is 0.259 e. The van der Waals surface area contributed by atoms with Crippen molar-refractivity contribution in [2.24, 2.45) is 0 Å². The molecule has 2 aromatic carbocycles. The third-order valence-corrected chi connectivity index (χ3v) is 3.31. The maximum atomic E-state index is 12.4. The third-order valence-electron chi connectivity index (χ3n) is 2.98. The number of nitrogens with one attached hydrogen (secondary N) is 1. The number of carbonyl (C=O) groups is 2. The number of benzene rings is 2. The number of halogens is 1. The first kappa shape index (κ1) is 15.1. The van der Waals surface area contributed by atoms with Crippen molar-refractivity contribution in [1.82, 2.24) is 0 Å². The van der Waals surface area contributed by atoms with Crippen molar-refractivity contribution in [2.75, 3.05) is 17.3 Å². The van der Waals surface area contributed by atoms with Crippen LogP contribution in [0.2, 0.25) is 5.02 Å². The molecule has 0 saturated carbocycles. The van der Waals surface area contributed by atoms with E-state index >= 15 is 0 Å². The highest BCUT2D eigenvalue weighted by Crippen LogP contribution is 2.22. The fourth-order valence-electron chi connectivity index (χ4n) is 1.90. The van der Waals surface area contributed by atoms with Gasteiger partial charge in [0.05, 0.1) is 10.6 Å². The minimum absolute atomic E-state index is 0.136. The molecule has 0 heterocycles. The Hall–Kier alpha value is -2.33. The van der Waals surface area contributed by atoms with Gasteiger partial charge in [-0.15, -0.1) is 0 Å². The Kier molecular flexibility index (Phi) is 4.60. The van der Waals surface area contributed by atoms with Crippen LogP contribution in [0.5, 0.6) is 0 Å². The molecular formula is C16H15ClN2O2. The van der Waals surface area contributed by atoms with Crippen LogP contribution in [0.4, 0.5) is 11.4 Å². The molecule has 2 rings (SSSR count). The minimum Gasteiger partial charge on any atom is -0.326 e. The van der Waals surface area contributed by atoms with Crippen LogP contribution in [0.15, 0.2) is 48.5 Å². The molecule has 2 amide bonds. The lowest BCUT2D eigenvalue weighted by Gasteiger charge is -2.18. The molecule has 0 unspecified atom stereocenters. The first-order chi connectivity index (χ1) is 9.99. The standard InChI is InChI=1S/C16H15ClN2O2/c1-11(20)18-12-7-9-13(10-8-12)19(2)16(21)14-5-3-4-6-15(14)17/h3-10H,1-2H3,(H,18,20). The number of nitrogens with zero attached hydrogens (tertiary/aromatic N) is 1. The summed E-state index contributed by atoms with van der Waals surface area (Å²) in [6.45, 7) is 1.45. The number of hydrogen-bond donors (Lipinski definition) is 1. The maximum absolute atomic E-state index is 12.4. The number of hydrogen-bond acceptors (Lipinski definition) is 2. The Labute approximate surface area is 128 Å². The van der Waals surface area contributed by atoms with Crippen LogP contribution in [-0.4, -0.2) is 18.9 Å². The van der Waals surface area contributed by atoms with Gasteiger partial charge in [-0.25, -0.2) is 0 Å². The second-order valence-electron chi connectivity index (χ2n) is 4.57. The van der Waals surface area contributed by atoms with Gasteiger partial charge in [-0.05, 0) is 36.4 Å². The fourth-order valence-corrected chi connectivity index (χ4v) is 2.12. The van der Waals surface area contributed by atoms with Crippen molar-refractivity contribution in [1.29, 1.82) is 0 Å². The van der Waals surface area contributed by atoms with Crippen LogP contribution in [0.1, 0.15) is 17.3 Å². The summed E-state index contributed by atoms with van der Waals surface area (Å²) < 4.78 is 0. The highest BCUT2D eigenvalue weighted by molar-refractivity contribution is 6.34. The number of anilines is 2. The molecule has 0 saturated heterocycles. The first-order valence-electron chi connectivity index (χ1n) is 6.39. The lowest BCUT2D eigenvalue weighted by atomic mass is 10.2. The monoisotopic (exact) mass is 302 g/mol. The Morgan fingerprint density at radius 1 is 1.05 bits per heavy atom. The second-order valence-corrected chi connectivity index (χ2v) is 4.98. The Balaban J connectivity index is 2.20. The van der Waals surface area contributed by atoms with Gasteiger partial charge < -0.3 is 10.2 Å². The Morgan fingerprint density at radius 3 is 2.24 bits per heavy atom. The van der Waals surface area contributed by atoms with Gasteiger partial charge in [-0.3, -0.25) is 9.59 Å². The lowest BCUT2D eigenvalue weighted by Crippen LogP contribution is -2.26. The molecule has 0 aliphatic heterocycles. The maximum Gasteiger partial charge on any atom is 0.259 e. The molecule has 0 aromatic heterocycles. The molecule has 0 atom stereocenters. The summed E-state index contributed by atoms with van der Waals surface area (Å²) in [4.78, 5) is 24.9. The summed E-state index contributed by atoms with van der Waals surface area (Å²) in [5, 5.41) is 3.10. The van der Waals surface area contributed by atoms with Gasteiger partial charge in [0.25, 0.3) is 5.91 Å². The van der Waals surface area contributed by atoms with E-state index in [1.165, 1.54) is 11.8 Å². The Bertz CT molecular complexity index is 668. The molecule has 5 heteroatoms. The van der Waals surface area contributed by atoms with E-state index in [4.69, 9.17) is 11.6 Å². The molecule has 2 aromatic rings. The molecule has 0 fully saturated rings. The van der Waals surface area contributed by atoms with Crippen molar-refractivity contribution in [3.05, 3.63) is 59.1 Å². The van der Waals surface area contributed by atoms with E-state index in [9.17, 15) is 9.59 Å². The number of amides is 2. The van der Waals surface area contributed by atoms with Gasteiger partial charge in [0.1, 0.15) is 0 Å². The minimum atomic E-state index is -0.187. The van der Waals surface area contributed by atoms with Crippen LogP contribution in [0.3, 0.4) is 0 Å². The predicted molar refractivity (Wildman–Crippen MR) is 84.9 cm³/mol. The van der Waals surface area contributed by atoms with Crippen LogP contribution < -0.4 is 10.2 Å². The quantitative estimate of drug-likeness (QED) is 0.942. The van der Waals surface area contributed by atoms with Crippen LogP contribution >= 0.6 is 11.6 Å². The van der Waals surface area contributed by atoms with Gasteiger partial charge in [-0.2, -0.15) is 0 Å². The summed E-state index contributed by atoms with van der Waals surface area (Å²) in [5.74, 6) is -0.323. The Morgan fingerprint density at radius 2 is 1.67 bits per heavy atom. The van der Waals surface area contributed by atoms with Crippen molar-refractivity contribution in [2.45, 2.75) is 6.92 Å². The van der Waals surface area contributed by atoms with E-state index in [0.29, 0.717) is 22.0 Å². The zero-order valence-electron chi connectivity index (χ0n) is 11.8. The van der Waals surface area contributed by atoms with E-state index in [-0.39, 0.29) is 11.8 Å². The van der Waals surface area contributed by atoms with E-state index in [1.54, 1.807) is 55.6 Å². The zero-order chi connectivity index (χ0) is 15.4. The zero-order valence-corrected chi connectivity index (χ0v) is 12.5. The topological polar surface area (TPSA) is 49.4 Å². The summed E-state index contributed by atoms with van der Waals surface area (Å²) in [7, 11) is 1.68. The van der Waals surface area contributed by atoms with Gasteiger partial charge in [-0.1, -0.05) is 23.7 Å². The molecular weight excluding hydrogens is 288 g/mol. The number of carbonyl (C=O) groups excluding carboxylic acids is 2. The average Bonchev–Trinajstić information content (AvgIpc) is 2.46. The molecule has 1 N–H and O–H groups in total. The highest BCUT2D eigenvalue weighted by Gasteiger charge is 2.15. The van der Waals surface area contributed by atoms with Crippen molar-refractivity contribution >= 4 is 34.8 Å². The second kappa shape index (κ2) is 6.41. The van der Waals surface area contributed by atoms with Crippen molar-refractivity contribution in [3.63, 3.8) is 0 Å². The summed E-state index contributed by atoms with van der Waals surface area (Å²) in [5.41, 5.74) is 1.85. The lowest BCUT2D eigenvalue weighted by molar-refractivity contribution is -0.114. The molecule has 0 radical (unpaired) electrons. The van der Waals surface area contributed by atoms with E-state index in [2.05, 4.69) is 5.32 Å². The van der Waals surface area contributed by atoms with Crippen molar-refractivity contribution in [3.8, 4) is 0 Å². The van der Waals surface area contributed by atoms with Crippen LogP contribution in [0, 0.1) is 0 Å². The highest BCUT2D eigenvalue weighted by atomic mass is 35.5. The first-order valence-corrected chi connectivity index (χ1v) is 6.77. The van der Waals surface area contributed by atoms with Crippen LogP contribution in [0.25, 0.3) is 0 Å². The fraction of sp³-hybridized carbons (Fsp3) is 0.125. The van der Waals surface area contributed by atoms with Crippen molar-refractivity contribution < 1.29 is 9.59 Å². The molecule has 0 aliphatic carbocycles. The molecule has 4 nitrogen and oxygen atoms in total. The van der Waals surface area contributed by atoms with Gasteiger partial charge >= 0.3 is 0 Å². The summed E-state index contributed by atoms with van der Waals surface area (Å²) in [6, 6.07) is 13.9. The number of rotatable bonds is 3. The average molecular weight is 303 g/mol. The summed E-state index contributed by atoms with van der Waals surface area (Å²) in [6.07, 6.45) is 0. The SMILES string of the molecule is CC(=O)Nc1ccc(N(C)C(=O)c2ccccc2Cl)cc1. The third kappa shape index (κ3) is 3.61. The molecule has 21 heavy (non-hydrogen) atoms. The molecule has 0 aliphatic rings. The summed E-state index contributed by atoms with van der Waals surface area (Å²) >= 11 is 6.04. The van der Waals surface area contributed by atoms with E-state index in [1.807, 2.05) is 0 Å². The normalized spacial score (nSPS) is 10.0. The van der Waals surface area contributed by atoms with E-state index in [0.717, 1.165) is 0 Å².